The minimum Gasteiger partial charge on any atom is -0.466 e. The molecule has 0 aliphatic carbocycles. The number of halogens is 2. The predicted octanol–water partition coefficient (Wildman–Crippen LogP) is 5.67. The number of hydrogen-bond acceptors (Lipinski definition) is 4. The van der Waals surface area contributed by atoms with E-state index in [1.807, 2.05) is 6.92 Å². The van der Waals surface area contributed by atoms with E-state index in [1.54, 1.807) is 78.9 Å². The minimum atomic E-state index is -3.89. The smallest absolute Gasteiger partial charge is 0.335 e. The second-order valence-electron chi connectivity index (χ2n) is 7.73. The van der Waals surface area contributed by atoms with Gasteiger partial charge in [-0.25, -0.2) is 13.2 Å². The van der Waals surface area contributed by atoms with Gasteiger partial charge < -0.3 is 4.74 Å². The number of benzene rings is 3. The largest absolute Gasteiger partial charge is 0.466 e. The zero-order valence-corrected chi connectivity index (χ0v) is 20.2. The quantitative estimate of drug-likeness (QED) is 0.248. The number of rotatable bonds is 6. The third-order valence-electron chi connectivity index (χ3n) is 5.50. The summed E-state index contributed by atoms with van der Waals surface area (Å²) >= 11 is 12.0. The number of sulfonamides is 1. The van der Waals surface area contributed by atoms with E-state index < -0.39 is 28.1 Å². The molecule has 1 heterocycles. The summed E-state index contributed by atoms with van der Waals surface area (Å²) in [6.45, 7) is 1.89. The summed E-state index contributed by atoms with van der Waals surface area (Å²) in [5.41, 5.74) is 2.61. The van der Waals surface area contributed by atoms with Gasteiger partial charge in [-0.3, -0.25) is 0 Å². The lowest BCUT2D eigenvalue weighted by atomic mass is 10.0. The Hall–Kier alpha value is -2.64. The van der Waals surface area contributed by atoms with Crippen LogP contribution in [0.1, 0.15) is 22.7 Å². The summed E-state index contributed by atoms with van der Waals surface area (Å²) in [7, 11) is -2.62. The molecule has 3 aromatic carbocycles. The van der Waals surface area contributed by atoms with Crippen molar-refractivity contribution in [2.24, 2.45) is 0 Å². The highest BCUT2D eigenvalue weighted by Crippen LogP contribution is 2.51. The number of nitrogens with zero attached hydrogens (tertiary/aromatic N) is 1. The molecule has 0 saturated carbocycles. The highest BCUT2D eigenvalue weighted by Gasteiger charge is 2.59. The molecule has 5 nitrogen and oxygen atoms in total. The standard InChI is InChI=1S/C25H21Cl2NO4S/c1-16-3-13-21(14-4-16)33(30,31)28-23(18-7-11-20(27)12-8-18)24(28)22(25(29)32-2)15-17-5-9-19(26)10-6-17/h3-15,23-24H,1-2H3/b22-15+/t23-,24+,28?/m1/s1. The molecule has 0 bridgehead atoms. The molecule has 0 radical (unpaired) electrons. The molecule has 33 heavy (non-hydrogen) atoms. The Morgan fingerprint density at radius 2 is 1.45 bits per heavy atom. The van der Waals surface area contributed by atoms with Gasteiger partial charge in [0, 0.05) is 10.0 Å². The number of esters is 1. The van der Waals surface area contributed by atoms with Crippen LogP contribution in [0.3, 0.4) is 0 Å². The summed E-state index contributed by atoms with van der Waals surface area (Å²) in [5, 5.41) is 1.09. The molecule has 1 saturated heterocycles. The minimum absolute atomic E-state index is 0.158. The van der Waals surface area contributed by atoms with Gasteiger partial charge in [0.15, 0.2) is 0 Å². The fraction of sp³-hybridized carbons (Fsp3) is 0.160. The fourth-order valence-electron chi connectivity index (χ4n) is 3.76. The molecule has 0 N–H and O–H groups in total. The van der Waals surface area contributed by atoms with E-state index >= 15 is 0 Å². The van der Waals surface area contributed by atoms with Crippen molar-refractivity contribution in [3.63, 3.8) is 0 Å². The van der Waals surface area contributed by atoms with Crippen LogP contribution in [0.5, 0.6) is 0 Å². The van der Waals surface area contributed by atoms with Crippen molar-refractivity contribution < 1.29 is 17.9 Å². The zero-order valence-electron chi connectivity index (χ0n) is 17.9. The number of methoxy groups -OCH3 is 1. The van der Waals surface area contributed by atoms with Gasteiger partial charge in [0.2, 0.25) is 10.0 Å². The molecule has 3 aromatic rings. The second kappa shape index (κ2) is 9.31. The maximum absolute atomic E-state index is 13.6. The number of carbonyl (C=O) groups excluding carboxylic acids is 1. The number of hydrogen-bond donors (Lipinski definition) is 0. The molecular weight excluding hydrogens is 481 g/mol. The molecule has 0 amide bonds. The summed E-state index contributed by atoms with van der Waals surface area (Å²) in [6.07, 6.45) is 1.64. The molecule has 1 fully saturated rings. The van der Waals surface area contributed by atoms with Gasteiger partial charge in [0.25, 0.3) is 0 Å². The van der Waals surface area contributed by atoms with Crippen LogP contribution in [0.15, 0.2) is 83.3 Å². The van der Waals surface area contributed by atoms with Crippen LogP contribution in [-0.2, 0) is 19.6 Å². The molecule has 8 heteroatoms. The van der Waals surface area contributed by atoms with E-state index in [2.05, 4.69) is 0 Å². The Kier molecular flexibility index (Phi) is 6.64. The number of aryl methyl sites for hydroxylation is 1. The van der Waals surface area contributed by atoms with Crippen molar-refractivity contribution >= 4 is 45.3 Å². The van der Waals surface area contributed by atoms with Gasteiger partial charge in [-0.1, -0.05) is 65.2 Å². The third kappa shape index (κ3) is 4.84. The molecule has 1 unspecified atom stereocenters. The van der Waals surface area contributed by atoms with Crippen LogP contribution in [0, 0.1) is 6.92 Å². The number of carbonyl (C=O) groups is 1. The first-order valence-electron chi connectivity index (χ1n) is 10.1. The van der Waals surface area contributed by atoms with Crippen molar-refractivity contribution in [3.05, 3.63) is 105 Å². The second-order valence-corrected chi connectivity index (χ2v) is 10.4. The Labute approximate surface area is 203 Å². The Morgan fingerprint density at radius 3 is 2.00 bits per heavy atom. The van der Waals surface area contributed by atoms with Crippen LogP contribution in [0.4, 0.5) is 0 Å². The zero-order chi connectivity index (χ0) is 23.8. The van der Waals surface area contributed by atoms with E-state index in [-0.39, 0.29) is 10.5 Å². The third-order valence-corrected chi connectivity index (χ3v) is 7.88. The van der Waals surface area contributed by atoms with Crippen LogP contribution < -0.4 is 0 Å². The first kappa shape index (κ1) is 23.5. The van der Waals surface area contributed by atoms with E-state index in [1.165, 1.54) is 11.4 Å². The highest BCUT2D eigenvalue weighted by atomic mass is 35.5. The SMILES string of the molecule is COC(=O)/C(=C/c1ccc(Cl)cc1)[C@H]1[C@@H](c2ccc(Cl)cc2)N1S(=O)(=O)c1ccc(C)cc1. The predicted molar refractivity (Wildman–Crippen MR) is 130 cm³/mol. The first-order chi connectivity index (χ1) is 15.7. The van der Waals surface area contributed by atoms with Crippen molar-refractivity contribution in [2.45, 2.75) is 23.9 Å². The van der Waals surface area contributed by atoms with Crippen molar-refractivity contribution in [1.82, 2.24) is 4.31 Å². The topological polar surface area (TPSA) is 63.5 Å². The van der Waals surface area contributed by atoms with E-state index in [0.717, 1.165) is 11.1 Å². The maximum atomic E-state index is 13.6. The molecular formula is C25H21Cl2NO4S. The Morgan fingerprint density at radius 1 is 0.909 bits per heavy atom. The van der Waals surface area contributed by atoms with Crippen molar-refractivity contribution in [1.29, 1.82) is 0 Å². The Balaban J connectivity index is 1.82. The summed E-state index contributed by atoms with van der Waals surface area (Å²) in [4.78, 5) is 12.9. The van der Waals surface area contributed by atoms with Gasteiger partial charge in [0.1, 0.15) is 0 Å². The van der Waals surface area contributed by atoms with Gasteiger partial charge in [-0.05, 0) is 60.5 Å². The van der Waals surface area contributed by atoms with Crippen molar-refractivity contribution in [3.8, 4) is 0 Å². The average molecular weight is 502 g/mol. The Bertz CT molecular complexity index is 1300. The molecule has 0 spiro atoms. The summed E-state index contributed by atoms with van der Waals surface area (Å²) < 4.78 is 33.5. The molecule has 4 rings (SSSR count). The van der Waals surface area contributed by atoms with Gasteiger partial charge in [-0.15, -0.1) is 0 Å². The van der Waals surface area contributed by atoms with Gasteiger partial charge >= 0.3 is 5.97 Å². The number of ether oxygens (including phenoxy) is 1. The molecule has 1 aliphatic rings. The molecule has 3 atom stereocenters. The lowest BCUT2D eigenvalue weighted by Gasteiger charge is -2.09. The molecule has 0 aromatic heterocycles. The van der Waals surface area contributed by atoms with Gasteiger partial charge in [-0.2, -0.15) is 4.31 Å². The van der Waals surface area contributed by atoms with Crippen LogP contribution in [0.25, 0.3) is 6.08 Å². The maximum Gasteiger partial charge on any atom is 0.335 e. The summed E-state index contributed by atoms with van der Waals surface area (Å²) in [6, 6.07) is 19.1. The normalized spacial score (nSPS) is 20.4. The fourth-order valence-corrected chi connectivity index (χ4v) is 5.75. The summed E-state index contributed by atoms with van der Waals surface area (Å²) in [5.74, 6) is -0.601. The average Bonchev–Trinajstić information content (AvgIpc) is 3.55. The molecule has 1 aliphatic heterocycles. The van der Waals surface area contributed by atoms with E-state index in [4.69, 9.17) is 27.9 Å². The van der Waals surface area contributed by atoms with Crippen molar-refractivity contribution in [2.75, 3.05) is 7.11 Å². The first-order valence-corrected chi connectivity index (χ1v) is 12.3. The lowest BCUT2D eigenvalue weighted by molar-refractivity contribution is -0.136. The van der Waals surface area contributed by atoms with Crippen LogP contribution >= 0.6 is 23.2 Å². The van der Waals surface area contributed by atoms with E-state index in [9.17, 15) is 13.2 Å². The van der Waals surface area contributed by atoms with Crippen LogP contribution in [0.2, 0.25) is 10.0 Å². The lowest BCUT2D eigenvalue weighted by Crippen LogP contribution is -2.19. The van der Waals surface area contributed by atoms with Crippen LogP contribution in [-0.4, -0.2) is 31.8 Å². The van der Waals surface area contributed by atoms with Gasteiger partial charge in [0.05, 0.1) is 29.7 Å². The molecule has 170 valence electrons. The highest BCUT2D eigenvalue weighted by molar-refractivity contribution is 7.89. The van der Waals surface area contributed by atoms with E-state index in [0.29, 0.717) is 15.6 Å². The monoisotopic (exact) mass is 501 g/mol.